The zero-order chi connectivity index (χ0) is 6.82. The van der Waals surface area contributed by atoms with Gasteiger partial charge in [-0.05, 0) is 31.1 Å². The maximum absolute atomic E-state index is 11.3. The van der Waals surface area contributed by atoms with Crippen LogP contribution in [0.3, 0.4) is 0 Å². The third kappa shape index (κ3) is 0.284. The highest BCUT2D eigenvalue weighted by Gasteiger charge is 2.72. The van der Waals surface area contributed by atoms with Gasteiger partial charge in [-0.1, -0.05) is 6.42 Å². The van der Waals surface area contributed by atoms with E-state index in [0.717, 1.165) is 6.42 Å². The topological polar surface area (TPSA) is 17.1 Å². The average molecular weight is 136 g/mol. The molecule has 0 aliphatic heterocycles. The maximum atomic E-state index is 11.3. The SMILES string of the molecule is O=C1CC23CCCC12CC3. The van der Waals surface area contributed by atoms with Gasteiger partial charge in [0.1, 0.15) is 5.78 Å². The molecule has 0 aromatic carbocycles. The van der Waals surface area contributed by atoms with Crippen molar-refractivity contribution in [1.82, 2.24) is 0 Å². The van der Waals surface area contributed by atoms with Crippen molar-refractivity contribution in [1.29, 1.82) is 0 Å². The molecule has 0 amide bonds. The van der Waals surface area contributed by atoms with Crippen LogP contribution in [0.4, 0.5) is 0 Å². The standard InChI is InChI=1S/C9H12O/c10-7-6-8-2-1-3-9(7,8)5-4-8/h1-6H2. The molecule has 1 nitrogen and oxygen atoms in total. The van der Waals surface area contributed by atoms with Crippen molar-refractivity contribution in [2.24, 2.45) is 10.8 Å². The van der Waals surface area contributed by atoms with Gasteiger partial charge >= 0.3 is 0 Å². The van der Waals surface area contributed by atoms with Crippen LogP contribution in [0.1, 0.15) is 38.5 Å². The van der Waals surface area contributed by atoms with E-state index in [1.807, 2.05) is 0 Å². The quantitative estimate of drug-likeness (QED) is 0.497. The van der Waals surface area contributed by atoms with Crippen molar-refractivity contribution in [3.8, 4) is 0 Å². The first-order valence-electron chi connectivity index (χ1n) is 4.33. The van der Waals surface area contributed by atoms with Crippen molar-refractivity contribution >= 4 is 5.78 Å². The minimum absolute atomic E-state index is 0.271. The lowest BCUT2D eigenvalue weighted by molar-refractivity contribution is -0.180. The van der Waals surface area contributed by atoms with Crippen molar-refractivity contribution in [2.45, 2.75) is 38.5 Å². The molecule has 3 rings (SSSR count). The fourth-order valence-electron chi connectivity index (χ4n) is 3.55. The van der Waals surface area contributed by atoms with Crippen LogP contribution in [0.15, 0.2) is 0 Å². The molecule has 2 unspecified atom stereocenters. The zero-order valence-corrected chi connectivity index (χ0v) is 6.15. The van der Waals surface area contributed by atoms with Gasteiger partial charge < -0.3 is 0 Å². The first kappa shape index (κ1) is 5.34. The van der Waals surface area contributed by atoms with Crippen molar-refractivity contribution in [3.05, 3.63) is 0 Å². The number of ketones is 1. The summed E-state index contributed by atoms with van der Waals surface area (Å²) in [5.74, 6) is 0.594. The van der Waals surface area contributed by atoms with Crippen LogP contribution < -0.4 is 0 Å². The highest BCUT2D eigenvalue weighted by Crippen LogP contribution is 2.75. The maximum Gasteiger partial charge on any atom is 0.140 e. The Labute approximate surface area is 60.8 Å². The summed E-state index contributed by atoms with van der Waals surface area (Å²) in [7, 11) is 0. The third-order valence-corrected chi connectivity index (χ3v) is 4.34. The molecule has 10 heavy (non-hydrogen) atoms. The first-order chi connectivity index (χ1) is 4.79. The number of rotatable bonds is 0. The molecule has 0 bridgehead atoms. The molecular formula is C9H12O. The summed E-state index contributed by atoms with van der Waals surface area (Å²) in [6.45, 7) is 0. The molecule has 3 aliphatic carbocycles. The van der Waals surface area contributed by atoms with Crippen LogP contribution in [-0.2, 0) is 4.79 Å². The summed E-state index contributed by atoms with van der Waals surface area (Å²) in [6.07, 6.45) is 7.44. The molecule has 0 heterocycles. The van der Waals surface area contributed by atoms with Crippen LogP contribution in [0.25, 0.3) is 0 Å². The van der Waals surface area contributed by atoms with Crippen molar-refractivity contribution < 1.29 is 4.79 Å². The average Bonchev–Trinajstić information content (AvgIpc) is 2.16. The van der Waals surface area contributed by atoms with Crippen molar-refractivity contribution in [2.75, 3.05) is 0 Å². The van der Waals surface area contributed by atoms with Crippen LogP contribution >= 0.6 is 0 Å². The molecule has 0 spiro atoms. The number of carbonyl (C=O) groups excluding carboxylic acids is 1. The second kappa shape index (κ2) is 1.19. The van der Waals surface area contributed by atoms with E-state index in [2.05, 4.69) is 0 Å². The van der Waals surface area contributed by atoms with E-state index in [1.54, 1.807) is 0 Å². The van der Waals surface area contributed by atoms with Gasteiger partial charge in [-0.3, -0.25) is 4.79 Å². The Balaban J connectivity index is 2.09. The highest BCUT2D eigenvalue weighted by atomic mass is 16.1. The van der Waals surface area contributed by atoms with E-state index >= 15 is 0 Å². The summed E-state index contributed by atoms with van der Waals surface area (Å²) in [5, 5.41) is 0. The Morgan fingerprint density at radius 3 is 2.40 bits per heavy atom. The summed E-state index contributed by atoms with van der Waals surface area (Å²) in [4.78, 5) is 11.3. The Morgan fingerprint density at radius 1 is 1.10 bits per heavy atom. The summed E-state index contributed by atoms with van der Waals surface area (Å²) >= 11 is 0. The van der Waals surface area contributed by atoms with Gasteiger partial charge in [0, 0.05) is 11.8 Å². The van der Waals surface area contributed by atoms with Crippen LogP contribution in [-0.4, -0.2) is 5.78 Å². The molecule has 0 aromatic heterocycles. The van der Waals surface area contributed by atoms with Gasteiger partial charge in [0.2, 0.25) is 0 Å². The van der Waals surface area contributed by atoms with E-state index in [0.29, 0.717) is 11.2 Å². The van der Waals surface area contributed by atoms with Gasteiger partial charge in [-0.2, -0.15) is 0 Å². The van der Waals surface area contributed by atoms with E-state index in [4.69, 9.17) is 0 Å². The molecule has 3 saturated carbocycles. The monoisotopic (exact) mass is 136 g/mol. The fraction of sp³-hybridized carbons (Fsp3) is 0.889. The normalized spacial score (nSPS) is 56.6. The summed E-state index contributed by atoms with van der Waals surface area (Å²) in [5.41, 5.74) is 0.844. The Morgan fingerprint density at radius 2 is 2.00 bits per heavy atom. The number of hydrogen-bond acceptors (Lipinski definition) is 1. The molecule has 3 fully saturated rings. The Hall–Kier alpha value is -0.330. The predicted molar refractivity (Wildman–Crippen MR) is 37.6 cm³/mol. The molecule has 0 N–H and O–H groups in total. The van der Waals surface area contributed by atoms with E-state index in [-0.39, 0.29) is 5.41 Å². The minimum Gasteiger partial charge on any atom is -0.299 e. The smallest absolute Gasteiger partial charge is 0.140 e. The van der Waals surface area contributed by atoms with E-state index in [9.17, 15) is 4.79 Å². The van der Waals surface area contributed by atoms with Crippen LogP contribution in [0.5, 0.6) is 0 Å². The zero-order valence-electron chi connectivity index (χ0n) is 6.15. The molecule has 0 radical (unpaired) electrons. The molecule has 2 atom stereocenters. The largest absolute Gasteiger partial charge is 0.299 e. The molecule has 0 saturated heterocycles. The lowest BCUT2D eigenvalue weighted by atomic mass is 9.39. The molecule has 54 valence electrons. The van der Waals surface area contributed by atoms with Gasteiger partial charge in [0.15, 0.2) is 0 Å². The van der Waals surface area contributed by atoms with Gasteiger partial charge in [0.25, 0.3) is 0 Å². The minimum atomic E-state index is 0.271. The molecule has 0 aromatic rings. The van der Waals surface area contributed by atoms with E-state index in [1.165, 1.54) is 32.1 Å². The first-order valence-corrected chi connectivity index (χ1v) is 4.33. The van der Waals surface area contributed by atoms with Gasteiger partial charge in [-0.25, -0.2) is 0 Å². The lowest BCUT2D eigenvalue weighted by Gasteiger charge is -2.63. The van der Waals surface area contributed by atoms with Crippen LogP contribution in [0.2, 0.25) is 0 Å². The number of carbonyl (C=O) groups is 1. The van der Waals surface area contributed by atoms with Gasteiger partial charge in [-0.15, -0.1) is 0 Å². The number of Topliss-reactive ketones (excluding diaryl/α,β-unsaturated/α-hetero) is 1. The van der Waals surface area contributed by atoms with Crippen molar-refractivity contribution in [3.63, 3.8) is 0 Å². The van der Waals surface area contributed by atoms with E-state index < -0.39 is 0 Å². The number of hydrogen-bond donors (Lipinski definition) is 0. The predicted octanol–water partition coefficient (Wildman–Crippen LogP) is 1.91. The summed E-state index contributed by atoms with van der Waals surface area (Å²) < 4.78 is 0. The lowest BCUT2D eigenvalue weighted by Crippen LogP contribution is -2.62. The fourth-order valence-corrected chi connectivity index (χ4v) is 3.55. The highest BCUT2D eigenvalue weighted by molar-refractivity contribution is 5.95. The molecule has 3 aliphatic rings. The molecular weight excluding hydrogens is 124 g/mol. The Bertz CT molecular complexity index is 221. The Kier molecular flexibility index (Phi) is 0.637. The summed E-state index contributed by atoms with van der Waals surface area (Å²) in [6, 6.07) is 0. The second-order valence-electron chi connectivity index (χ2n) is 4.32. The second-order valence-corrected chi connectivity index (χ2v) is 4.32. The van der Waals surface area contributed by atoms with Crippen LogP contribution in [0, 0.1) is 10.8 Å². The molecule has 1 heteroatoms. The third-order valence-electron chi connectivity index (χ3n) is 4.34. The van der Waals surface area contributed by atoms with Gasteiger partial charge in [0.05, 0.1) is 0 Å².